The second-order valence-corrected chi connectivity index (χ2v) is 8.02. The molecule has 1 aliphatic heterocycles. The summed E-state index contributed by atoms with van der Waals surface area (Å²) < 4.78 is 44.6. The zero-order valence-corrected chi connectivity index (χ0v) is 15.4. The van der Waals surface area contributed by atoms with Gasteiger partial charge in [0.05, 0.1) is 18.5 Å². The fourth-order valence-electron chi connectivity index (χ4n) is 3.93. The Kier molecular flexibility index (Phi) is 4.61. The van der Waals surface area contributed by atoms with Crippen LogP contribution >= 0.6 is 11.3 Å². The fraction of sp³-hybridized carbons (Fsp3) is 0.474. The van der Waals surface area contributed by atoms with E-state index in [-0.39, 0.29) is 5.91 Å². The third-order valence-electron chi connectivity index (χ3n) is 5.35. The van der Waals surface area contributed by atoms with Gasteiger partial charge in [0.2, 0.25) is 11.8 Å². The Morgan fingerprint density at radius 2 is 1.96 bits per heavy atom. The van der Waals surface area contributed by atoms with Crippen LogP contribution in [0.5, 0.6) is 5.88 Å². The molecule has 2 fully saturated rings. The number of carbonyl (C=O) groups is 1. The molecule has 4 rings (SSSR count). The van der Waals surface area contributed by atoms with Gasteiger partial charge in [-0.3, -0.25) is 4.79 Å². The maximum atomic E-state index is 13.2. The van der Waals surface area contributed by atoms with Gasteiger partial charge in [-0.2, -0.15) is 13.2 Å². The van der Waals surface area contributed by atoms with E-state index in [1.807, 2.05) is 17.5 Å². The van der Waals surface area contributed by atoms with Crippen molar-refractivity contribution in [2.75, 3.05) is 13.1 Å². The van der Waals surface area contributed by atoms with Gasteiger partial charge in [0, 0.05) is 11.1 Å². The largest absolute Gasteiger partial charge is 0.470 e. The molecule has 8 heteroatoms. The molecule has 2 aromatic rings. The molecule has 144 valence electrons. The summed E-state index contributed by atoms with van der Waals surface area (Å²) >= 11 is 1.59. The van der Waals surface area contributed by atoms with Crippen molar-refractivity contribution in [3.05, 3.63) is 46.3 Å². The average Bonchev–Trinajstić information content (AvgIpc) is 3.28. The van der Waals surface area contributed by atoms with E-state index in [9.17, 15) is 18.0 Å². The van der Waals surface area contributed by atoms with Crippen LogP contribution in [0.3, 0.4) is 0 Å². The molecule has 0 radical (unpaired) electrons. The van der Waals surface area contributed by atoms with Crippen LogP contribution in [0.25, 0.3) is 0 Å². The summed E-state index contributed by atoms with van der Waals surface area (Å²) in [5.74, 6) is -0.352. The highest BCUT2D eigenvalue weighted by molar-refractivity contribution is 7.10. The van der Waals surface area contributed by atoms with Crippen LogP contribution < -0.4 is 4.74 Å². The standard InChI is InChI=1S/C19H19F3N2O2S/c20-19(21,22)14-5-3-9-23-16(14)26-13-11-24(12-13)17(25)18(7-1-2-8-18)15-6-4-10-27-15/h3-6,9-10,13H,1-2,7-8,11-12H2. The lowest BCUT2D eigenvalue weighted by Crippen LogP contribution is -2.60. The molecule has 2 aromatic heterocycles. The number of hydrogen-bond donors (Lipinski definition) is 0. The van der Waals surface area contributed by atoms with Crippen molar-refractivity contribution in [2.24, 2.45) is 0 Å². The SMILES string of the molecule is O=C(N1CC(Oc2ncccc2C(F)(F)F)C1)C1(c2cccs2)CCCC1. The molecular weight excluding hydrogens is 377 g/mol. The van der Waals surface area contributed by atoms with Gasteiger partial charge in [0.1, 0.15) is 11.7 Å². The molecule has 0 spiro atoms. The van der Waals surface area contributed by atoms with Gasteiger partial charge in [-0.25, -0.2) is 4.98 Å². The molecule has 0 N–H and O–H groups in total. The lowest BCUT2D eigenvalue weighted by atomic mass is 9.82. The Balaban J connectivity index is 1.44. The van der Waals surface area contributed by atoms with Gasteiger partial charge in [0.15, 0.2) is 0 Å². The highest BCUT2D eigenvalue weighted by atomic mass is 32.1. The first kappa shape index (κ1) is 18.3. The number of rotatable bonds is 4. The topological polar surface area (TPSA) is 42.4 Å². The van der Waals surface area contributed by atoms with Gasteiger partial charge >= 0.3 is 6.18 Å². The molecule has 1 saturated heterocycles. The summed E-state index contributed by atoms with van der Waals surface area (Å²) in [5.41, 5.74) is -1.36. The summed E-state index contributed by atoms with van der Waals surface area (Å²) in [6.07, 6.45) is -0.0288. The Morgan fingerprint density at radius 1 is 1.22 bits per heavy atom. The molecule has 0 unspecified atom stereocenters. The van der Waals surface area contributed by atoms with Gasteiger partial charge in [0.25, 0.3) is 0 Å². The van der Waals surface area contributed by atoms with Crippen molar-refractivity contribution in [2.45, 2.75) is 43.4 Å². The number of nitrogens with zero attached hydrogens (tertiary/aromatic N) is 2. The minimum absolute atomic E-state index is 0.0689. The molecule has 0 bridgehead atoms. The smallest absolute Gasteiger partial charge is 0.421 e. The van der Waals surface area contributed by atoms with E-state index in [0.717, 1.165) is 36.6 Å². The number of ether oxygens (including phenoxy) is 1. The first-order valence-corrected chi connectivity index (χ1v) is 9.80. The number of carbonyl (C=O) groups excluding carboxylic acids is 1. The van der Waals surface area contributed by atoms with Crippen molar-refractivity contribution in [1.82, 2.24) is 9.88 Å². The number of alkyl halides is 3. The maximum absolute atomic E-state index is 13.2. The first-order valence-electron chi connectivity index (χ1n) is 8.92. The molecule has 3 heterocycles. The third-order valence-corrected chi connectivity index (χ3v) is 6.42. The van der Waals surface area contributed by atoms with E-state index >= 15 is 0 Å². The third kappa shape index (κ3) is 3.31. The van der Waals surface area contributed by atoms with Crippen molar-refractivity contribution in [1.29, 1.82) is 0 Å². The highest BCUT2D eigenvalue weighted by Gasteiger charge is 2.49. The van der Waals surface area contributed by atoms with Crippen LogP contribution in [-0.2, 0) is 16.4 Å². The second kappa shape index (κ2) is 6.82. The zero-order chi connectivity index (χ0) is 19.1. The molecule has 1 saturated carbocycles. The normalized spacial score (nSPS) is 19.7. The lowest BCUT2D eigenvalue weighted by molar-refractivity contribution is -0.149. The number of amides is 1. The Hall–Kier alpha value is -2.09. The Labute approximate surface area is 159 Å². The summed E-state index contributed by atoms with van der Waals surface area (Å²) in [4.78, 5) is 19.7. The number of thiophene rings is 1. The minimum atomic E-state index is -4.52. The summed E-state index contributed by atoms with van der Waals surface area (Å²) in [6, 6.07) is 6.14. The number of hydrogen-bond acceptors (Lipinski definition) is 4. The second-order valence-electron chi connectivity index (χ2n) is 7.07. The predicted molar refractivity (Wildman–Crippen MR) is 94.7 cm³/mol. The zero-order valence-electron chi connectivity index (χ0n) is 14.5. The van der Waals surface area contributed by atoms with E-state index in [1.54, 1.807) is 16.2 Å². The summed E-state index contributed by atoms with van der Waals surface area (Å²) in [7, 11) is 0. The first-order chi connectivity index (χ1) is 12.9. The molecule has 0 aromatic carbocycles. The van der Waals surface area contributed by atoms with Crippen LogP contribution in [0.4, 0.5) is 13.2 Å². The molecule has 1 amide bonds. The summed E-state index contributed by atoms with van der Waals surface area (Å²) in [6.45, 7) is 0.583. The predicted octanol–water partition coefficient (Wildman–Crippen LogP) is 4.26. The Bertz CT molecular complexity index is 811. The number of halogens is 3. The number of aromatic nitrogens is 1. The van der Waals surface area contributed by atoms with Crippen LogP contribution in [0.15, 0.2) is 35.8 Å². The lowest BCUT2D eigenvalue weighted by Gasteiger charge is -2.43. The van der Waals surface area contributed by atoms with E-state index in [1.165, 1.54) is 12.3 Å². The van der Waals surface area contributed by atoms with E-state index < -0.39 is 29.1 Å². The summed E-state index contributed by atoms with van der Waals surface area (Å²) in [5, 5.41) is 1.98. The molecule has 4 nitrogen and oxygen atoms in total. The quantitative estimate of drug-likeness (QED) is 0.775. The van der Waals surface area contributed by atoms with Crippen molar-refractivity contribution in [3.8, 4) is 5.88 Å². The van der Waals surface area contributed by atoms with Crippen LogP contribution in [-0.4, -0.2) is 35.0 Å². The van der Waals surface area contributed by atoms with Crippen LogP contribution in [0, 0.1) is 0 Å². The van der Waals surface area contributed by atoms with Crippen molar-refractivity contribution in [3.63, 3.8) is 0 Å². The van der Waals surface area contributed by atoms with Gasteiger partial charge in [-0.05, 0) is 36.4 Å². The van der Waals surface area contributed by atoms with E-state index in [0.29, 0.717) is 13.1 Å². The average molecular weight is 396 g/mol. The monoisotopic (exact) mass is 396 g/mol. The minimum Gasteiger partial charge on any atom is -0.470 e. The van der Waals surface area contributed by atoms with Crippen molar-refractivity contribution < 1.29 is 22.7 Å². The molecule has 27 heavy (non-hydrogen) atoms. The Morgan fingerprint density at radius 3 is 2.59 bits per heavy atom. The van der Waals surface area contributed by atoms with Crippen LogP contribution in [0.1, 0.15) is 36.1 Å². The van der Waals surface area contributed by atoms with Gasteiger partial charge < -0.3 is 9.64 Å². The number of pyridine rings is 1. The number of likely N-dealkylation sites (tertiary alicyclic amines) is 1. The molecule has 0 atom stereocenters. The molecule has 2 aliphatic rings. The van der Waals surface area contributed by atoms with Gasteiger partial charge in [-0.1, -0.05) is 18.9 Å². The maximum Gasteiger partial charge on any atom is 0.421 e. The molecule has 1 aliphatic carbocycles. The van der Waals surface area contributed by atoms with E-state index in [4.69, 9.17) is 4.74 Å². The highest BCUT2D eigenvalue weighted by Crippen LogP contribution is 2.45. The van der Waals surface area contributed by atoms with Crippen molar-refractivity contribution >= 4 is 17.2 Å². The van der Waals surface area contributed by atoms with Crippen LogP contribution in [0.2, 0.25) is 0 Å². The molecular formula is C19H19F3N2O2S. The fourth-order valence-corrected chi connectivity index (χ4v) is 4.91. The van der Waals surface area contributed by atoms with E-state index in [2.05, 4.69) is 4.98 Å². The van der Waals surface area contributed by atoms with Gasteiger partial charge in [-0.15, -0.1) is 11.3 Å².